The minimum absolute atomic E-state index is 0.00422. The summed E-state index contributed by atoms with van der Waals surface area (Å²) in [6, 6.07) is 15.6. The molecule has 154 valence electrons. The van der Waals surface area contributed by atoms with Crippen molar-refractivity contribution in [2.75, 3.05) is 18.5 Å². The SMILES string of the molecule is Cc1ccc(N2CC(C(=O)N(C)C(C)c3ccc(-n4cncn4)cc3)CC2=O)cc1. The Morgan fingerprint density at radius 3 is 2.40 bits per heavy atom. The van der Waals surface area contributed by atoms with Gasteiger partial charge in [-0.2, -0.15) is 5.10 Å². The van der Waals surface area contributed by atoms with Crippen molar-refractivity contribution in [3.8, 4) is 5.69 Å². The lowest BCUT2D eigenvalue weighted by Gasteiger charge is -2.28. The maximum absolute atomic E-state index is 13.1. The predicted molar refractivity (Wildman–Crippen MR) is 114 cm³/mol. The molecule has 0 radical (unpaired) electrons. The zero-order valence-corrected chi connectivity index (χ0v) is 17.4. The Labute approximate surface area is 175 Å². The number of carbonyl (C=O) groups is 2. The Kier molecular flexibility index (Phi) is 5.35. The molecule has 1 fully saturated rings. The first-order chi connectivity index (χ1) is 14.4. The van der Waals surface area contributed by atoms with E-state index in [1.54, 1.807) is 27.9 Å². The van der Waals surface area contributed by atoms with E-state index in [1.807, 2.05) is 62.4 Å². The summed E-state index contributed by atoms with van der Waals surface area (Å²) in [4.78, 5) is 33.1. The summed E-state index contributed by atoms with van der Waals surface area (Å²) in [7, 11) is 1.80. The van der Waals surface area contributed by atoms with Crippen LogP contribution in [-0.2, 0) is 9.59 Å². The van der Waals surface area contributed by atoms with Gasteiger partial charge in [-0.3, -0.25) is 9.59 Å². The molecule has 0 saturated carbocycles. The Morgan fingerprint density at radius 2 is 1.77 bits per heavy atom. The molecule has 1 aliphatic heterocycles. The van der Waals surface area contributed by atoms with Crippen molar-refractivity contribution < 1.29 is 9.59 Å². The highest BCUT2D eigenvalue weighted by Gasteiger charge is 2.37. The standard InChI is InChI=1S/C23H25N5O2/c1-16-4-8-20(9-5-16)27-13-19(12-22(27)29)23(30)26(3)17(2)18-6-10-21(11-7-18)28-15-24-14-25-28/h4-11,14-15,17,19H,12-13H2,1-3H3. The fourth-order valence-corrected chi connectivity index (χ4v) is 3.80. The number of hydrogen-bond donors (Lipinski definition) is 0. The molecule has 30 heavy (non-hydrogen) atoms. The van der Waals surface area contributed by atoms with Crippen LogP contribution in [0.3, 0.4) is 0 Å². The molecule has 2 heterocycles. The van der Waals surface area contributed by atoms with Gasteiger partial charge in [-0.25, -0.2) is 9.67 Å². The Hall–Kier alpha value is -3.48. The zero-order valence-electron chi connectivity index (χ0n) is 17.4. The predicted octanol–water partition coefficient (Wildman–Crippen LogP) is 3.15. The van der Waals surface area contributed by atoms with Gasteiger partial charge in [0.15, 0.2) is 0 Å². The summed E-state index contributed by atoms with van der Waals surface area (Å²) in [6.07, 6.45) is 3.38. The first-order valence-corrected chi connectivity index (χ1v) is 10.0. The van der Waals surface area contributed by atoms with Gasteiger partial charge in [0.1, 0.15) is 12.7 Å². The van der Waals surface area contributed by atoms with Crippen molar-refractivity contribution in [2.24, 2.45) is 5.92 Å². The molecule has 2 amide bonds. The summed E-state index contributed by atoms with van der Waals surface area (Å²) in [6.45, 7) is 4.43. The number of aryl methyl sites for hydroxylation is 1. The van der Waals surface area contributed by atoms with Gasteiger partial charge >= 0.3 is 0 Å². The molecule has 0 bridgehead atoms. The normalized spacial score (nSPS) is 17.2. The first-order valence-electron chi connectivity index (χ1n) is 10.0. The lowest BCUT2D eigenvalue weighted by molar-refractivity contribution is -0.136. The van der Waals surface area contributed by atoms with Crippen LogP contribution in [0.1, 0.15) is 30.5 Å². The Bertz CT molecular complexity index is 1030. The maximum Gasteiger partial charge on any atom is 0.228 e. The van der Waals surface area contributed by atoms with E-state index < -0.39 is 0 Å². The molecule has 1 aromatic heterocycles. The van der Waals surface area contributed by atoms with Crippen LogP contribution in [0.4, 0.5) is 5.69 Å². The van der Waals surface area contributed by atoms with Gasteiger partial charge in [0.2, 0.25) is 11.8 Å². The lowest BCUT2D eigenvalue weighted by Crippen LogP contribution is -2.36. The number of aromatic nitrogens is 3. The third kappa shape index (κ3) is 3.83. The molecule has 0 spiro atoms. The summed E-state index contributed by atoms with van der Waals surface area (Å²) in [5.74, 6) is -0.345. The van der Waals surface area contributed by atoms with E-state index in [0.717, 1.165) is 22.5 Å². The summed E-state index contributed by atoms with van der Waals surface area (Å²) < 4.78 is 1.69. The number of anilines is 1. The number of nitrogens with zero attached hydrogens (tertiary/aromatic N) is 5. The third-order valence-electron chi connectivity index (χ3n) is 5.81. The van der Waals surface area contributed by atoms with Crippen LogP contribution >= 0.6 is 0 Å². The lowest BCUT2D eigenvalue weighted by atomic mass is 10.0. The van der Waals surface area contributed by atoms with Gasteiger partial charge in [0, 0.05) is 25.7 Å². The van der Waals surface area contributed by atoms with Gasteiger partial charge in [-0.1, -0.05) is 29.8 Å². The average Bonchev–Trinajstić information content (AvgIpc) is 3.43. The molecule has 7 heteroatoms. The van der Waals surface area contributed by atoms with Crippen LogP contribution in [0, 0.1) is 12.8 Å². The minimum atomic E-state index is -0.333. The van der Waals surface area contributed by atoms with Crippen molar-refractivity contribution in [3.05, 3.63) is 72.3 Å². The zero-order chi connectivity index (χ0) is 21.3. The molecule has 0 aliphatic carbocycles. The van der Waals surface area contributed by atoms with Crippen molar-refractivity contribution >= 4 is 17.5 Å². The van der Waals surface area contributed by atoms with Crippen LogP contribution < -0.4 is 4.90 Å². The average molecular weight is 403 g/mol. The second kappa shape index (κ2) is 8.10. The fraction of sp³-hybridized carbons (Fsp3) is 0.304. The van der Waals surface area contributed by atoms with E-state index in [1.165, 1.54) is 6.33 Å². The smallest absolute Gasteiger partial charge is 0.228 e. The van der Waals surface area contributed by atoms with Gasteiger partial charge in [0.05, 0.1) is 17.6 Å². The molecule has 2 aromatic carbocycles. The fourth-order valence-electron chi connectivity index (χ4n) is 3.80. The first kappa shape index (κ1) is 19.8. The number of carbonyl (C=O) groups excluding carboxylic acids is 2. The summed E-state index contributed by atoms with van der Waals surface area (Å²) in [5.41, 5.74) is 3.92. The van der Waals surface area contributed by atoms with Crippen LogP contribution in [0.2, 0.25) is 0 Å². The second-order valence-corrected chi connectivity index (χ2v) is 7.80. The summed E-state index contributed by atoms with van der Waals surface area (Å²) >= 11 is 0. The maximum atomic E-state index is 13.1. The van der Waals surface area contributed by atoms with Crippen molar-refractivity contribution in [3.63, 3.8) is 0 Å². The molecule has 4 rings (SSSR count). The molecule has 1 saturated heterocycles. The highest BCUT2D eigenvalue weighted by Crippen LogP contribution is 2.29. The Morgan fingerprint density at radius 1 is 1.10 bits per heavy atom. The van der Waals surface area contributed by atoms with E-state index >= 15 is 0 Å². The molecular weight excluding hydrogens is 378 g/mol. The van der Waals surface area contributed by atoms with Crippen molar-refractivity contribution in [1.29, 1.82) is 0 Å². The molecule has 2 atom stereocenters. The highest BCUT2D eigenvalue weighted by atomic mass is 16.2. The highest BCUT2D eigenvalue weighted by molar-refractivity contribution is 6.00. The molecule has 1 aliphatic rings. The molecule has 3 aromatic rings. The Balaban J connectivity index is 1.44. The van der Waals surface area contributed by atoms with Crippen LogP contribution in [0.25, 0.3) is 5.69 Å². The van der Waals surface area contributed by atoms with E-state index in [2.05, 4.69) is 10.1 Å². The molecule has 2 unspecified atom stereocenters. The van der Waals surface area contributed by atoms with Gasteiger partial charge in [-0.05, 0) is 43.7 Å². The number of rotatable bonds is 5. The van der Waals surface area contributed by atoms with Gasteiger partial charge in [0.25, 0.3) is 0 Å². The van der Waals surface area contributed by atoms with Crippen LogP contribution in [0.5, 0.6) is 0 Å². The van der Waals surface area contributed by atoms with E-state index in [-0.39, 0.29) is 30.2 Å². The molecule has 7 nitrogen and oxygen atoms in total. The van der Waals surface area contributed by atoms with Gasteiger partial charge < -0.3 is 9.80 Å². The molecule has 0 N–H and O–H groups in total. The van der Waals surface area contributed by atoms with Crippen LogP contribution in [-0.4, -0.2) is 45.1 Å². The minimum Gasteiger partial charge on any atom is -0.339 e. The van der Waals surface area contributed by atoms with Crippen molar-refractivity contribution in [1.82, 2.24) is 19.7 Å². The largest absolute Gasteiger partial charge is 0.339 e. The van der Waals surface area contributed by atoms with Crippen LogP contribution in [0.15, 0.2) is 61.2 Å². The third-order valence-corrected chi connectivity index (χ3v) is 5.81. The number of hydrogen-bond acceptors (Lipinski definition) is 4. The van der Waals surface area contributed by atoms with E-state index in [0.29, 0.717) is 6.54 Å². The van der Waals surface area contributed by atoms with E-state index in [9.17, 15) is 9.59 Å². The quantitative estimate of drug-likeness (QED) is 0.656. The number of benzene rings is 2. The summed E-state index contributed by atoms with van der Waals surface area (Å²) in [5, 5.41) is 4.13. The molecular formula is C23H25N5O2. The van der Waals surface area contributed by atoms with E-state index in [4.69, 9.17) is 0 Å². The number of amides is 2. The van der Waals surface area contributed by atoms with Crippen molar-refractivity contribution in [2.45, 2.75) is 26.3 Å². The van der Waals surface area contributed by atoms with Gasteiger partial charge in [-0.15, -0.1) is 0 Å². The monoisotopic (exact) mass is 403 g/mol. The topological polar surface area (TPSA) is 71.3 Å². The second-order valence-electron chi connectivity index (χ2n) is 7.80.